The molecular formula is C11H13N5O2. The summed E-state index contributed by atoms with van der Waals surface area (Å²) in [6.07, 6.45) is 1.51. The maximum Gasteiger partial charge on any atom is 0.311 e. The SMILES string of the molecule is Cc1nn(C)c(C)c1Nc1ncccc1[N+](=O)[O-]. The summed E-state index contributed by atoms with van der Waals surface area (Å²) in [6.45, 7) is 3.72. The predicted molar refractivity (Wildman–Crippen MR) is 66.9 cm³/mol. The van der Waals surface area contributed by atoms with Crippen molar-refractivity contribution in [3.05, 3.63) is 39.8 Å². The van der Waals surface area contributed by atoms with E-state index in [1.54, 1.807) is 4.68 Å². The average molecular weight is 247 g/mol. The van der Waals surface area contributed by atoms with Gasteiger partial charge in [-0.25, -0.2) is 4.98 Å². The Morgan fingerprint density at radius 3 is 2.72 bits per heavy atom. The zero-order chi connectivity index (χ0) is 13.3. The Kier molecular flexibility index (Phi) is 2.97. The van der Waals surface area contributed by atoms with Crippen LogP contribution in [0.25, 0.3) is 0 Å². The van der Waals surface area contributed by atoms with Crippen molar-refractivity contribution in [3.63, 3.8) is 0 Å². The molecule has 7 nitrogen and oxygen atoms in total. The van der Waals surface area contributed by atoms with E-state index in [9.17, 15) is 10.1 Å². The highest BCUT2D eigenvalue weighted by Crippen LogP contribution is 2.27. The van der Waals surface area contributed by atoms with Crippen LogP contribution in [0, 0.1) is 24.0 Å². The number of nitrogens with one attached hydrogen (secondary N) is 1. The molecule has 0 bridgehead atoms. The number of rotatable bonds is 3. The third-order valence-corrected chi connectivity index (χ3v) is 2.74. The van der Waals surface area contributed by atoms with Crippen LogP contribution in [-0.2, 0) is 7.05 Å². The lowest BCUT2D eigenvalue weighted by Gasteiger charge is -2.06. The number of hydrogen-bond acceptors (Lipinski definition) is 5. The summed E-state index contributed by atoms with van der Waals surface area (Å²) in [5.74, 6) is 0.224. The second-order valence-corrected chi connectivity index (χ2v) is 3.92. The standard InChI is InChI=1S/C11H13N5O2/c1-7-10(8(2)15(3)14-7)13-11-9(16(17)18)5-4-6-12-11/h4-6H,1-3H3,(H,12,13). The molecule has 0 unspecified atom stereocenters. The maximum atomic E-state index is 10.9. The first kappa shape index (κ1) is 12.0. The fourth-order valence-corrected chi connectivity index (χ4v) is 1.71. The summed E-state index contributed by atoms with van der Waals surface area (Å²) in [4.78, 5) is 14.4. The second-order valence-electron chi connectivity index (χ2n) is 3.92. The third-order valence-electron chi connectivity index (χ3n) is 2.74. The van der Waals surface area contributed by atoms with Gasteiger partial charge in [0, 0.05) is 19.3 Å². The van der Waals surface area contributed by atoms with Gasteiger partial charge in [-0.3, -0.25) is 14.8 Å². The number of aryl methyl sites for hydroxylation is 2. The molecule has 0 saturated carbocycles. The molecule has 0 spiro atoms. The van der Waals surface area contributed by atoms with Crippen LogP contribution in [-0.4, -0.2) is 19.7 Å². The molecule has 2 aromatic rings. The first-order chi connectivity index (χ1) is 8.50. The van der Waals surface area contributed by atoms with E-state index in [0.717, 1.165) is 17.1 Å². The van der Waals surface area contributed by atoms with Crippen LogP contribution in [0.5, 0.6) is 0 Å². The molecule has 0 aromatic carbocycles. The Morgan fingerprint density at radius 1 is 1.44 bits per heavy atom. The minimum Gasteiger partial charge on any atom is -0.331 e. The van der Waals surface area contributed by atoms with Crippen LogP contribution in [0.4, 0.5) is 17.2 Å². The fraction of sp³-hybridized carbons (Fsp3) is 0.273. The monoisotopic (exact) mass is 247 g/mol. The normalized spacial score (nSPS) is 10.4. The van der Waals surface area contributed by atoms with Gasteiger partial charge in [0.25, 0.3) is 0 Å². The van der Waals surface area contributed by atoms with Gasteiger partial charge in [-0.1, -0.05) is 0 Å². The first-order valence-electron chi connectivity index (χ1n) is 5.37. The zero-order valence-corrected chi connectivity index (χ0v) is 10.3. The molecule has 0 fully saturated rings. The van der Waals surface area contributed by atoms with Gasteiger partial charge in [0.2, 0.25) is 5.82 Å². The number of nitro groups is 1. The molecule has 18 heavy (non-hydrogen) atoms. The number of pyridine rings is 1. The van der Waals surface area contributed by atoms with Gasteiger partial charge in [-0.2, -0.15) is 5.10 Å². The van der Waals surface area contributed by atoms with Crippen LogP contribution in [0.3, 0.4) is 0 Å². The molecule has 0 atom stereocenters. The second kappa shape index (κ2) is 4.44. The van der Waals surface area contributed by atoms with E-state index in [1.807, 2.05) is 20.9 Å². The fourth-order valence-electron chi connectivity index (χ4n) is 1.71. The lowest BCUT2D eigenvalue weighted by molar-refractivity contribution is -0.384. The smallest absolute Gasteiger partial charge is 0.311 e. The van der Waals surface area contributed by atoms with Gasteiger partial charge in [0.05, 0.1) is 22.0 Å². The Hall–Kier alpha value is -2.44. The lowest BCUT2D eigenvalue weighted by Crippen LogP contribution is -2.01. The van der Waals surface area contributed by atoms with Crippen LogP contribution in [0.1, 0.15) is 11.4 Å². The summed E-state index contributed by atoms with van der Waals surface area (Å²) in [6, 6.07) is 2.95. The lowest BCUT2D eigenvalue weighted by atomic mass is 10.3. The molecule has 2 heterocycles. The first-order valence-corrected chi connectivity index (χ1v) is 5.37. The van der Waals surface area contributed by atoms with Crippen molar-refractivity contribution in [2.45, 2.75) is 13.8 Å². The Morgan fingerprint density at radius 2 is 2.17 bits per heavy atom. The van der Waals surface area contributed by atoms with Crippen LogP contribution in [0.15, 0.2) is 18.3 Å². The van der Waals surface area contributed by atoms with Crippen molar-refractivity contribution in [2.75, 3.05) is 5.32 Å². The van der Waals surface area contributed by atoms with E-state index in [2.05, 4.69) is 15.4 Å². The van der Waals surface area contributed by atoms with E-state index >= 15 is 0 Å². The summed E-state index contributed by atoms with van der Waals surface area (Å²) >= 11 is 0. The third kappa shape index (κ3) is 2.02. The topological polar surface area (TPSA) is 85.9 Å². The van der Waals surface area contributed by atoms with E-state index in [1.165, 1.54) is 18.3 Å². The quantitative estimate of drug-likeness (QED) is 0.663. The van der Waals surface area contributed by atoms with Gasteiger partial charge in [-0.05, 0) is 19.9 Å². The molecule has 0 radical (unpaired) electrons. The molecule has 0 aliphatic heterocycles. The van der Waals surface area contributed by atoms with Gasteiger partial charge in [0.1, 0.15) is 0 Å². The molecule has 0 aliphatic carbocycles. The molecule has 0 aliphatic rings. The summed E-state index contributed by atoms with van der Waals surface area (Å²) in [5, 5.41) is 18.1. The highest BCUT2D eigenvalue weighted by atomic mass is 16.6. The van der Waals surface area contributed by atoms with Gasteiger partial charge in [-0.15, -0.1) is 0 Å². The highest BCUT2D eigenvalue weighted by molar-refractivity contribution is 5.68. The van der Waals surface area contributed by atoms with Crippen molar-refractivity contribution in [1.82, 2.24) is 14.8 Å². The minimum atomic E-state index is -0.462. The summed E-state index contributed by atoms with van der Waals surface area (Å²) in [7, 11) is 1.82. The van der Waals surface area contributed by atoms with Crippen molar-refractivity contribution < 1.29 is 4.92 Å². The van der Waals surface area contributed by atoms with E-state index in [0.29, 0.717) is 0 Å². The zero-order valence-electron chi connectivity index (χ0n) is 10.3. The average Bonchev–Trinajstić information content (AvgIpc) is 2.56. The Balaban J connectivity index is 2.43. The van der Waals surface area contributed by atoms with E-state index in [4.69, 9.17) is 0 Å². The Bertz CT molecular complexity index is 605. The van der Waals surface area contributed by atoms with Crippen molar-refractivity contribution in [1.29, 1.82) is 0 Å². The van der Waals surface area contributed by atoms with Gasteiger partial charge >= 0.3 is 5.69 Å². The molecule has 0 amide bonds. The largest absolute Gasteiger partial charge is 0.331 e. The van der Waals surface area contributed by atoms with Gasteiger partial charge in [0.15, 0.2) is 0 Å². The predicted octanol–water partition coefficient (Wildman–Crippen LogP) is 2.08. The summed E-state index contributed by atoms with van der Waals surface area (Å²) < 4.78 is 1.71. The number of hydrogen-bond donors (Lipinski definition) is 1. The Labute approximate surface area is 104 Å². The summed E-state index contributed by atoms with van der Waals surface area (Å²) in [5.41, 5.74) is 2.36. The number of nitrogens with zero attached hydrogens (tertiary/aromatic N) is 4. The van der Waals surface area contributed by atoms with Crippen LogP contribution < -0.4 is 5.32 Å². The van der Waals surface area contributed by atoms with E-state index in [-0.39, 0.29) is 11.5 Å². The minimum absolute atomic E-state index is 0.0554. The van der Waals surface area contributed by atoms with E-state index < -0.39 is 4.92 Å². The maximum absolute atomic E-state index is 10.9. The molecule has 1 N–H and O–H groups in total. The molecule has 94 valence electrons. The van der Waals surface area contributed by atoms with Gasteiger partial charge < -0.3 is 5.32 Å². The van der Waals surface area contributed by atoms with Crippen molar-refractivity contribution in [2.24, 2.45) is 7.05 Å². The van der Waals surface area contributed by atoms with Crippen molar-refractivity contribution >= 4 is 17.2 Å². The molecule has 2 aromatic heterocycles. The van der Waals surface area contributed by atoms with Crippen LogP contribution >= 0.6 is 0 Å². The highest BCUT2D eigenvalue weighted by Gasteiger charge is 2.17. The van der Waals surface area contributed by atoms with Crippen LogP contribution in [0.2, 0.25) is 0 Å². The molecule has 2 rings (SSSR count). The number of anilines is 2. The number of aromatic nitrogens is 3. The van der Waals surface area contributed by atoms with Crippen molar-refractivity contribution in [3.8, 4) is 0 Å². The molecule has 7 heteroatoms. The molecular weight excluding hydrogens is 234 g/mol. The molecule has 0 saturated heterocycles.